The number of Topliss-reactive ketones (excluding diaryl/α,β-unsaturated/α-hetero) is 1. The SMILES string of the molecule is CC(=O)C1=C\CC(C)\C(C(=O)NCc2cncn2C)=C/C=C\C(C)=N/1. The van der Waals surface area contributed by atoms with Crippen molar-refractivity contribution in [2.75, 3.05) is 0 Å². The third-order valence-electron chi connectivity index (χ3n) is 4.08. The van der Waals surface area contributed by atoms with Crippen LogP contribution in [-0.4, -0.2) is 27.0 Å². The Morgan fingerprint density at radius 3 is 2.80 bits per heavy atom. The number of rotatable bonds is 4. The molecular formula is C19H24N4O2. The summed E-state index contributed by atoms with van der Waals surface area (Å²) in [7, 11) is 1.89. The van der Waals surface area contributed by atoms with Crippen LogP contribution in [0.3, 0.4) is 0 Å². The minimum Gasteiger partial charge on any atom is -0.347 e. The molecule has 0 radical (unpaired) electrons. The first-order chi connectivity index (χ1) is 11.9. The molecule has 132 valence electrons. The number of amides is 1. The molecule has 1 aliphatic heterocycles. The monoisotopic (exact) mass is 340 g/mol. The van der Waals surface area contributed by atoms with Crippen molar-refractivity contribution in [3.05, 3.63) is 53.8 Å². The van der Waals surface area contributed by atoms with Crippen molar-refractivity contribution in [2.45, 2.75) is 33.7 Å². The van der Waals surface area contributed by atoms with Crippen LogP contribution in [0.4, 0.5) is 0 Å². The summed E-state index contributed by atoms with van der Waals surface area (Å²) < 4.78 is 1.87. The van der Waals surface area contributed by atoms with Crippen LogP contribution in [0.2, 0.25) is 0 Å². The fraction of sp³-hybridized carbons (Fsp3) is 0.368. The van der Waals surface area contributed by atoms with Crippen LogP contribution >= 0.6 is 0 Å². The Labute approximate surface area is 148 Å². The second-order valence-electron chi connectivity index (χ2n) is 6.20. The number of imidazole rings is 1. The molecule has 0 fully saturated rings. The molecule has 0 saturated heterocycles. The lowest BCUT2D eigenvalue weighted by atomic mass is 9.95. The van der Waals surface area contributed by atoms with Gasteiger partial charge >= 0.3 is 0 Å². The van der Waals surface area contributed by atoms with Gasteiger partial charge in [-0.3, -0.25) is 14.6 Å². The fourth-order valence-corrected chi connectivity index (χ4v) is 2.49. The van der Waals surface area contributed by atoms with Crippen LogP contribution in [0.1, 0.15) is 32.9 Å². The van der Waals surface area contributed by atoms with E-state index in [1.54, 1.807) is 30.8 Å². The van der Waals surface area contributed by atoms with E-state index >= 15 is 0 Å². The van der Waals surface area contributed by atoms with Crippen LogP contribution < -0.4 is 5.32 Å². The Balaban J connectivity index is 2.18. The molecular weight excluding hydrogens is 316 g/mol. The van der Waals surface area contributed by atoms with E-state index in [-0.39, 0.29) is 17.6 Å². The summed E-state index contributed by atoms with van der Waals surface area (Å²) in [6.07, 6.45) is 11.2. The Hall–Kier alpha value is -2.76. The molecule has 0 bridgehead atoms. The van der Waals surface area contributed by atoms with Gasteiger partial charge in [0.05, 0.1) is 18.6 Å². The van der Waals surface area contributed by atoms with E-state index in [9.17, 15) is 9.59 Å². The fourth-order valence-electron chi connectivity index (χ4n) is 2.49. The van der Waals surface area contributed by atoms with Gasteiger partial charge in [-0.05, 0) is 25.3 Å². The molecule has 25 heavy (non-hydrogen) atoms. The Bertz CT molecular complexity index is 781. The molecule has 1 N–H and O–H groups in total. The summed E-state index contributed by atoms with van der Waals surface area (Å²) in [6, 6.07) is 0. The molecule has 0 spiro atoms. The van der Waals surface area contributed by atoms with Gasteiger partial charge in [-0.1, -0.05) is 25.2 Å². The van der Waals surface area contributed by atoms with Crippen molar-refractivity contribution < 1.29 is 9.59 Å². The van der Waals surface area contributed by atoms with Gasteiger partial charge in [-0.2, -0.15) is 0 Å². The number of ketones is 1. The molecule has 1 amide bonds. The van der Waals surface area contributed by atoms with Gasteiger partial charge in [-0.25, -0.2) is 4.98 Å². The summed E-state index contributed by atoms with van der Waals surface area (Å²) in [5.74, 6) is -0.225. The normalized spacial score (nSPS) is 25.6. The van der Waals surface area contributed by atoms with Crippen LogP contribution in [0.5, 0.6) is 0 Å². The standard InChI is InChI=1S/C19H24N4O2/c1-13-8-9-18(15(3)24)22-14(2)6-5-7-17(13)19(25)21-11-16-10-20-12-23(16)4/h5-7,9-10,12-13H,8,11H2,1-4H3,(H,21,25)/b6-5-,17-7+,18-9-,22-14-. The van der Waals surface area contributed by atoms with Crippen molar-refractivity contribution in [3.63, 3.8) is 0 Å². The quantitative estimate of drug-likeness (QED) is 0.915. The lowest BCUT2D eigenvalue weighted by molar-refractivity contribution is -0.118. The van der Waals surface area contributed by atoms with E-state index in [2.05, 4.69) is 15.3 Å². The van der Waals surface area contributed by atoms with E-state index in [1.165, 1.54) is 6.92 Å². The zero-order valence-corrected chi connectivity index (χ0v) is 15.1. The molecule has 6 nitrogen and oxygen atoms in total. The second kappa shape index (κ2) is 8.37. The van der Waals surface area contributed by atoms with Gasteiger partial charge in [0, 0.05) is 31.5 Å². The van der Waals surface area contributed by atoms with Crippen LogP contribution in [0.15, 0.2) is 53.1 Å². The highest BCUT2D eigenvalue weighted by molar-refractivity contribution is 6.01. The number of aromatic nitrogens is 2. The van der Waals surface area contributed by atoms with Gasteiger partial charge in [0.15, 0.2) is 5.78 Å². The van der Waals surface area contributed by atoms with E-state index in [4.69, 9.17) is 0 Å². The van der Waals surface area contributed by atoms with Crippen LogP contribution in [-0.2, 0) is 23.2 Å². The third-order valence-corrected chi connectivity index (χ3v) is 4.08. The number of hydrogen-bond acceptors (Lipinski definition) is 4. The average molecular weight is 340 g/mol. The number of allylic oxidation sites excluding steroid dienone is 5. The largest absolute Gasteiger partial charge is 0.347 e. The summed E-state index contributed by atoms with van der Waals surface area (Å²) in [5, 5.41) is 2.94. The summed E-state index contributed by atoms with van der Waals surface area (Å²) in [4.78, 5) is 32.7. The van der Waals surface area contributed by atoms with E-state index in [0.717, 1.165) is 11.4 Å². The number of aryl methyl sites for hydroxylation is 1. The van der Waals surface area contributed by atoms with Crippen molar-refractivity contribution in [3.8, 4) is 0 Å². The third kappa shape index (κ3) is 5.11. The molecule has 1 aromatic rings. The molecule has 1 aliphatic rings. The number of nitrogens with one attached hydrogen (secondary N) is 1. The first kappa shape index (κ1) is 18.6. The Kier molecular flexibility index (Phi) is 6.22. The van der Waals surface area contributed by atoms with E-state index < -0.39 is 0 Å². The lowest BCUT2D eigenvalue weighted by Gasteiger charge is -2.15. The van der Waals surface area contributed by atoms with Crippen LogP contribution in [0.25, 0.3) is 0 Å². The molecule has 2 heterocycles. The maximum absolute atomic E-state index is 12.6. The van der Waals surface area contributed by atoms with Gasteiger partial charge in [-0.15, -0.1) is 0 Å². The minimum atomic E-state index is -0.119. The molecule has 0 aliphatic carbocycles. The summed E-state index contributed by atoms with van der Waals surface area (Å²) in [5.41, 5.74) is 2.76. The lowest BCUT2D eigenvalue weighted by Crippen LogP contribution is -2.28. The number of carbonyl (C=O) groups excluding carboxylic acids is 2. The summed E-state index contributed by atoms with van der Waals surface area (Å²) >= 11 is 0. The van der Waals surface area contributed by atoms with Gasteiger partial charge < -0.3 is 9.88 Å². The zero-order chi connectivity index (χ0) is 18.4. The van der Waals surface area contributed by atoms with Crippen molar-refractivity contribution in [2.24, 2.45) is 18.0 Å². The smallest absolute Gasteiger partial charge is 0.247 e. The number of carbonyl (C=O) groups is 2. The summed E-state index contributed by atoms with van der Waals surface area (Å²) in [6.45, 7) is 5.71. The Morgan fingerprint density at radius 2 is 2.16 bits per heavy atom. The molecule has 1 atom stereocenters. The predicted octanol–water partition coefficient (Wildman–Crippen LogP) is 2.49. The first-order valence-corrected chi connectivity index (χ1v) is 8.26. The molecule has 0 saturated carbocycles. The highest BCUT2D eigenvalue weighted by Gasteiger charge is 2.17. The van der Waals surface area contributed by atoms with Crippen molar-refractivity contribution in [1.82, 2.24) is 14.9 Å². The predicted molar refractivity (Wildman–Crippen MR) is 97.9 cm³/mol. The van der Waals surface area contributed by atoms with E-state index in [0.29, 0.717) is 24.2 Å². The molecule has 2 rings (SSSR count). The zero-order valence-electron chi connectivity index (χ0n) is 15.1. The van der Waals surface area contributed by atoms with E-state index in [1.807, 2.05) is 31.5 Å². The molecule has 1 aromatic heterocycles. The molecule has 6 heteroatoms. The maximum Gasteiger partial charge on any atom is 0.247 e. The van der Waals surface area contributed by atoms with Crippen LogP contribution in [0, 0.1) is 5.92 Å². The van der Waals surface area contributed by atoms with Gasteiger partial charge in [0.2, 0.25) is 5.91 Å². The Morgan fingerprint density at radius 1 is 1.40 bits per heavy atom. The number of nitrogens with zero attached hydrogens (tertiary/aromatic N) is 3. The highest BCUT2D eigenvalue weighted by Crippen LogP contribution is 2.19. The van der Waals surface area contributed by atoms with Crippen molar-refractivity contribution in [1.29, 1.82) is 0 Å². The molecule has 0 aromatic carbocycles. The topological polar surface area (TPSA) is 76.3 Å². The second-order valence-corrected chi connectivity index (χ2v) is 6.20. The maximum atomic E-state index is 12.6. The highest BCUT2D eigenvalue weighted by atomic mass is 16.1. The number of hydrogen-bond donors (Lipinski definition) is 1. The number of aliphatic imine (C=N–C) groups is 1. The first-order valence-electron chi connectivity index (χ1n) is 8.26. The molecule has 1 unspecified atom stereocenters. The van der Waals surface area contributed by atoms with Crippen molar-refractivity contribution >= 4 is 17.4 Å². The minimum absolute atomic E-state index is 0.0286. The van der Waals surface area contributed by atoms with Gasteiger partial charge in [0.25, 0.3) is 0 Å². The average Bonchev–Trinajstić information content (AvgIpc) is 2.97. The van der Waals surface area contributed by atoms with Gasteiger partial charge in [0.1, 0.15) is 5.70 Å².